The highest BCUT2D eigenvalue weighted by molar-refractivity contribution is 5.84. The molecule has 5 heteroatoms. The molecule has 0 spiro atoms. The maximum atomic E-state index is 11.3. The first kappa shape index (κ1) is 10.4. The van der Waals surface area contributed by atoms with Gasteiger partial charge in [0, 0.05) is 18.0 Å². The Morgan fingerprint density at radius 1 is 1.50 bits per heavy atom. The second-order valence-electron chi connectivity index (χ2n) is 2.99. The van der Waals surface area contributed by atoms with Crippen molar-refractivity contribution < 1.29 is 13.9 Å². The molecule has 0 saturated carbocycles. The number of carbonyl (C=O) groups excluding carboxylic acids is 1. The van der Waals surface area contributed by atoms with Crippen LogP contribution < -0.4 is 0 Å². The summed E-state index contributed by atoms with van der Waals surface area (Å²) >= 11 is 0. The van der Waals surface area contributed by atoms with Crippen LogP contribution in [0.4, 0.5) is 0 Å². The second kappa shape index (κ2) is 4.57. The molecule has 0 atom stereocenters. The standard InChI is InChI=1S/C11H10N2O3/c1-2-15-11(14)10-13-7-9(16-10)8-4-3-5-12-6-8/h3-7H,2H2,1H3. The number of oxazole rings is 1. The molecule has 0 unspecified atom stereocenters. The number of hydrogen-bond donors (Lipinski definition) is 0. The summed E-state index contributed by atoms with van der Waals surface area (Å²) in [6, 6.07) is 3.60. The van der Waals surface area contributed by atoms with Crippen molar-refractivity contribution in [1.82, 2.24) is 9.97 Å². The molecule has 2 aromatic rings. The molecule has 82 valence electrons. The van der Waals surface area contributed by atoms with Gasteiger partial charge in [-0.2, -0.15) is 0 Å². The minimum Gasteiger partial charge on any atom is -0.459 e. The molecule has 16 heavy (non-hydrogen) atoms. The van der Waals surface area contributed by atoms with Crippen molar-refractivity contribution in [3.63, 3.8) is 0 Å². The average molecular weight is 218 g/mol. The van der Waals surface area contributed by atoms with Gasteiger partial charge in [0.05, 0.1) is 12.8 Å². The number of aromatic nitrogens is 2. The minimum absolute atomic E-state index is 0.0410. The number of carbonyl (C=O) groups is 1. The highest BCUT2D eigenvalue weighted by atomic mass is 16.5. The average Bonchev–Trinajstić information content (AvgIpc) is 2.80. The lowest BCUT2D eigenvalue weighted by Gasteiger charge is -1.96. The lowest BCUT2D eigenvalue weighted by Crippen LogP contribution is -2.04. The van der Waals surface area contributed by atoms with Gasteiger partial charge < -0.3 is 9.15 Å². The van der Waals surface area contributed by atoms with E-state index < -0.39 is 5.97 Å². The number of nitrogens with zero attached hydrogens (tertiary/aromatic N) is 2. The molecular weight excluding hydrogens is 208 g/mol. The summed E-state index contributed by atoms with van der Waals surface area (Å²) in [5.41, 5.74) is 0.769. The Balaban J connectivity index is 2.23. The molecule has 2 aromatic heterocycles. The van der Waals surface area contributed by atoms with Crippen LogP contribution in [-0.2, 0) is 4.74 Å². The Morgan fingerprint density at radius 3 is 3.06 bits per heavy atom. The summed E-state index contributed by atoms with van der Waals surface area (Å²) in [5.74, 6) is -0.102. The molecular formula is C11H10N2O3. The fourth-order valence-corrected chi connectivity index (χ4v) is 1.20. The molecule has 0 aromatic carbocycles. The zero-order valence-corrected chi connectivity index (χ0v) is 8.71. The van der Waals surface area contributed by atoms with E-state index in [4.69, 9.17) is 9.15 Å². The summed E-state index contributed by atoms with van der Waals surface area (Å²) in [6.07, 6.45) is 4.77. The topological polar surface area (TPSA) is 65.2 Å². The zero-order valence-electron chi connectivity index (χ0n) is 8.71. The minimum atomic E-state index is -0.558. The van der Waals surface area contributed by atoms with Gasteiger partial charge in [-0.25, -0.2) is 9.78 Å². The monoisotopic (exact) mass is 218 g/mol. The van der Waals surface area contributed by atoms with Crippen LogP contribution in [0.1, 0.15) is 17.6 Å². The summed E-state index contributed by atoms with van der Waals surface area (Å²) in [4.78, 5) is 19.1. The highest BCUT2D eigenvalue weighted by Crippen LogP contribution is 2.18. The van der Waals surface area contributed by atoms with E-state index in [1.807, 2.05) is 6.07 Å². The zero-order chi connectivity index (χ0) is 11.4. The van der Waals surface area contributed by atoms with E-state index in [0.29, 0.717) is 12.4 Å². The van der Waals surface area contributed by atoms with Gasteiger partial charge in [0.15, 0.2) is 5.76 Å². The Bertz CT molecular complexity index is 479. The number of ether oxygens (including phenoxy) is 1. The maximum absolute atomic E-state index is 11.3. The molecule has 0 N–H and O–H groups in total. The maximum Gasteiger partial charge on any atom is 0.394 e. The summed E-state index contributed by atoms with van der Waals surface area (Å²) in [6.45, 7) is 2.02. The van der Waals surface area contributed by atoms with Crippen LogP contribution in [0.25, 0.3) is 11.3 Å². The quantitative estimate of drug-likeness (QED) is 0.736. The van der Waals surface area contributed by atoms with Crippen molar-refractivity contribution in [3.8, 4) is 11.3 Å². The fourth-order valence-electron chi connectivity index (χ4n) is 1.20. The molecule has 0 radical (unpaired) electrons. The van der Waals surface area contributed by atoms with Gasteiger partial charge in [-0.3, -0.25) is 4.98 Å². The normalized spacial score (nSPS) is 10.1. The van der Waals surface area contributed by atoms with Crippen LogP contribution >= 0.6 is 0 Å². The van der Waals surface area contributed by atoms with Crippen LogP contribution in [0.5, 0.6) is 0 Å². The van der Waals surface area contributed by atoms with Crippen molar-refractivity contribution in [2.75, 3.05) is 6.61 Å². The summed E-state index contributed by atoms with van der Waals surface area (Å²) < 4.78 is 10.0. The lowest BCUT2D eigenvalue weighted by atomic mass is 10.2. The van der Waals surface area contributed by atoms with Crippen LogP contribution in [0.15, 0.2) is 35.1 Å². The predicted molar refractivity (Wildman–Crippen MR) is 55.7 cm³/mol. The first-order chi connectivity index (χ1) is 7.81. The first-order valence-electron chi connectivity index (χ1n) is 4.84. The van der Waals surface area contributed by atoms with E-state index in [1.165, 1.54) is 6.20 Å². The molecule has 0 fully saturated rings. The highest BCUT2D eigenvalue weighted by Gasteiger charge is 2.14. The lowest BCUT2D eigenvalue weighted by molar-refractivity contribution is 0.0482. The van der Waals surface area contributed by atoms with E-state index in [1.54, 1.807) is 25.4 Å². The molecule has 0 amide bonds. The van der Waals surface area contributed by atoms with Gasteiger partial charge in [0.1, 0.15) is 0 Å². The molecule has 0 saturated heterocycles. The van der Waals surface area contributed by atoms with Gasteiger partial charge in [0.2, 0.25) is 0 Å². The molecule has 2 heterocycles. The second-order valence-corrected chi connectivity index (χ2v) is 2.99. The van der Waals surface area contributed by atoms with Gasteiger partial charge in [0.25, 0.3) is 0 Å². The third-order valence-electron chi connectivity index (χ3n) is 1.90. The van der Waals surface area contributed by atoms with Gasteiger partial charge >= 0.3 is 11.9 Å². The predicted octanol–water partition coefficient (Wildman–Crippen LogP) is 1.91. The Kier molecular flexibility index (Phi) is 2.95. The number of pyridine rings is 1. The van der Waals surface area contributed by atoms with Crippen LogP contribution in [0.3, 0.4) is 0 Å². The van der Waals surface area contributed by atoms with Gasteiger partial charge in [-0.1, -0.05) is 0 Å². The number of hydrogen-bond acceptors (Lipinski definition) is 5. The van der Waals surface area contributed by atoms with Gasteiger partial charge in [-0.05, 0) is 19.1 Å². The van der Waals surface area contributed by atoms with Crippen molar-refractivity contribution in [3.05, 3.63) is 36.6 Å². The van der Waals surface area contributed by atoms with Crippen molar-refractivity contribution in [2.45, 2.75) is 6.92 Å². The largest absolute Gasteiger partial charge is 0.459 e. The molecule has 0 aliphatic carbocycles. The number of rotatable bonds is 3. The van der Waals surface area contributed by atoms with E-state index in [0.717, 1.165) is 5.56 Å². The van der Waals surface area contributed by atoms with E-state index in [9.17, 15) is 4.79 Å². The van der Waals surface area contributed by atoms with Crippen LogP contribution in [0.2, 0.25) is 0 Å². The van der Waals surface area contributed by atoms with Gasteiger partial charge in [-0.15, -0.1) is 0 Å². The molecule has 2 rings (SSSR count). The summed E-state index contributed by atoms with van der Waals surface area (Å²) in [7, 11) is 0. The van der Waals surface area contributed by atoms with Crippen molar-refractivity contribution in [1.29, 1.82) is 0 Å². The SMILES string of the molecule is CCOC(=O)c1ncc(-c2cccnc2)o1. The molecule has 5 nitrogen and oxygen atoms in total. The molecule has 0 aliphatic rings. The Hall–Kier alpha value is -2.17. The Labute approximate surface area is 92.1 Å². The van der Waals surface area contributed by atoms with Crippen LogP contribution in [-0.4, -0.2) is 22.5 Å². The molecule has 0 aliphatic heterocycles. The number of esters is 1. The third-order valence-corrected chi connectivity index (χ3v) is 1.90. The summed E-state index contributed by atoms with van der Waals surface area (Å²) in [5, 5.41) is 0. The first-order valence-corrected chi connectivity index (χ1v) is 4.84. The Morgan fingerprint density at radius 2 is 2.38 bits per heavy atom. The third kappa shape index (κ3) is 2.08. The van der Waals surface area contributed by atoms with E-state index >= 15 is 0 Å². The molecule has 0 bridgehead atoms. The van der Waals surface area contributed by atoms with Crippen molar-refractivity contribution >= 4 is 5.97 Å². The van der Waals surface area contributed by atoms with Crippen LogP contribution in [0, 0.1) is 0 Å². The van der Waals surface area contributed by atoms with Crippen molar-refractivity contribution in [2.24, 2.45) is 0 Å². The van der Waals surface area contributed by atoms with E-state index in [2.05, 4.69) is 9.97 Å². The van der Waals surface area contributed by atoms with E-state index in [-0.39, 0.29) is 5.89 Å². The fraction of sp³-hybridized carbons (Fsp3) is 0.182. The smallest absolute Gasteiger partial charge is 0.394 e.